The van der Waals surface area contributed by atoms with Crippen molar-refractivity contribution in [1.82, 2.24) is 4.90 Å². The molecule has 1 aliphatic heterocycles. The molecule has 0 bridgehead atoms. The molecule has 3 atom stereocenters. The normalized spacial score (nSPS) is 26.4. The van der Waals surface area contributed by atoms with Gasteiger partial charge >= 0.3 is 6.36 Å². The van der Waals surface area contributed by atoms with Crippen LogP contribution >= 0.6 is 12.4 Å². The van der Waals surface area contributed by atoms with Gasteiger partial charge < -0.3 is 10.6 Å². The first-order valence-corrected chi connectivity index (χ1v) is 5.51. The summed E-state index contributed by atoms with van der Waals surface area (Å²) in [6.45, 7) is 3.52. The van der Waals surface area contributed by atoms with Crippen molar-refractivity contribution < 1.29 is 22.7 Å². The number of halogens is 4. The van der Waals surface area contributed by atoms with Crippen LogP contribution < -0.4 is 5.73 Å². The molecule has 4 nitrogen and oxygen atoms in total. The molecule has 18 heavy (non-hydrogen) atoms. The smallest absolute Gasteiger partial charge is 0.338 e. The van der Waals surface area contributed by atoms with E-state index in [1.807, 2.05) is 0 Å². The van der Waals surface area contributed by atoms with Gasteiger partial charge in [-0.05, 0) is 26.7 Å². The molecule has 0 aliphatic carbocycles. The molecule has 0 radical (unpaired) electrons. The molecule has 2 N–H and O–H groups in total. The number of piperidine rings is 1. The van der Waals surface area contributed by atoms with Crippen molar-refractivity contribution in [1.29, 1.82) is 0 Å². The summed E-state index contributed by atoms with van der Waals surface area (Å²) in [5, 5.41) is 0. The van der Waals surface area contributed by atoms with Crippen LogP contribution in [-0.2, 0) is 9.53 Å². The second-order valence-corrected chi connectivity index (χ2v) is 4.38. The summed E-state index contributed by atoms with van der Waals surface area (Å²) < 4.78 is 40.1. The number of ether oxygens (including phenoxy) is 1. The molecule has 1 rings (SSSR count). The Kier molecular flexibility index (Phi) is 6.39. The second-order valence-electron chi connectivity index (χ2n) is 4.38. The van der Waals surface area contributed by atoms with Gasteiger partial charge in [-0.3, -0.25) is 9.53 Å². The van der Waals surface area contributed by atoms with Crippen LogP contribution in [0.3, 0.4) is 0 Å². The largest absolute Gasteiger partial charge is 0.522 e. The monoisotopic (exact) mass is 290 g/mol. The van der Waals surface area contributed by atoms with Crippen molar-refractivity contribution in [2.75, 3.05) is 6.54 Å². The number of likely N-dealkylation sites (tertiary alicyclic amines) is 1. The minimum Gasteiger partial charge on any atom is -0.338 e. The topological polar surface area (TPSA) is 55.6 Å². The molecule has 0 spiro atoms. The van der Waals surface area contributed by atoms with E-state index in [2.05, 4.69) is 4.74 Å². The van der Waals surface area contributed by atoms with Crippen molar-refractivity contribution in [2.24, 2.45) is 5.73 Å². The fourth-order valence-electron chi connectivity index (χ4n) is 2.01. The van der Waals surface area contributed by atoms with Gasteiger partial charge in [-0.1, -0.05) is 0 Å². The Morgan fingerprint density at radius 2 is 2.06 bits per heavy atom. The number of carbonyl (C=O) groups is 1. The molecule has 1 fully saturated rings. The number of alkyl halides is 3. The lowest BCUT2D eigenvalue weighted by atomic mass is 10.00. The van der Waals surface area contributed by atoms with E-state index in [4.69, 9.17) is 5.73 Å². The summed E-state index contributed by atoms with van der Waals surface area (Å²) in [6, 6.07) is -0.910. The van der Waals surface area contributed by atoms with Crippen LogP contribution in [0.15, 0.2) is 0 Å². The molecule has 0 unspecified atom stereocenters. The molecule has 0 aromatic carbocycles. The highest BCUT2D eigenvalue weighted by Gasteiger charge is 2.38. The quantitative estimate of drug-likeness (QED) is 0.842. The van der Waals surface area contributed by atoms with Crippen LogP contribution in [0.25, 0.3) is 0 Å². The minimum absolute atomic E-state index is 0. The van der Waals surface area contributed by atoms with E-state index in [-0.39, 0.29) is 43.7 Å². The Labute approximate surface area is 110 Å². The highest BCUT2D eigenvalue weighted by molar-refractivity contribution is 5.85. The molecule has 1 heterocycles. The van der Waals surface area contributed by atoms with Crippen molar-refractivity contribution in [2.45, 2.75) is 51.2 Å². The number of nitrogens with zero attached hydrogens (tertiary/aromatic N) is 1. The van der Waals surface area contributed by atoms with Gasteiger partial charge in [0, 0.05) is 12.6 Å². The number of carbonyl (C=O) groups excluding carboxylic acids is 1. The lowest BCUT2D eigenvalue weighted by Crippen LogP contribution is -2.52. The lowest BCUT2D eigenvalue weighted by molar-refractivity contribution is -0.346. The Bertz CT molecular complexity index is 287. The zero-order valence-corrected chi connectivity index (χ0v) is 11.1. The van der Waals surface area contributed by atoms with Crippen LogP contribution in [0.4, 0.5) is 13.2 Å². The molecule has 108 valence electrons. The maximum atomic E-state index is 12.0. The molecule has 0 aromatic heterocycles. The third-order valence-electron chi connectivity index (χ3n) is 2.80. The minimum atomic E-state index is -4.61. The fraction of sp³-hybridized carbons (Fsp3) is 0.900. The Morgan fingerprint density at radius 3 is 2.44 bits per heavy atom. The van der Waals surface area contributed by atoms with Gasteiger partial charge in [-0.2, -0.15) is 0 Å². The number of nitrogens with two attached hydrogens (primary N) is 1. The predicted molar refractivity (Wildman–Crippen MR) is 62.2 cm³/mol. The van der Waals surface area contributed by atoms with E-state index >= 15 is 0 Å². The average molecular weight is 291 g/mol. The third kappa shape index (κ3) is 4.99. The maximum Gasteiger partial charge on any atom is 0.522 e. The summed E-state index contributed by atoms with van der Waals surface area (Å²) in [5.74, 6) is -0.233. The molecule has 0 saturated carbocycles. The first-order chi connectivity index (χ1) is 7.70. The SMILES string of the molecule is C[C@@H](N)C(=O)N1CC[C@@H](OC(F)(F)F)C[C@@H]1C.Cl. The van der Waals surface area contributed by atoms with E-state index < -0.39 is 18.5 Å². The van der Waals surface area contributed by atoms with E-state index in [1.165, 1.54) is 4.90 Å². The highest BCUT2D eigenvalue weighted by Crippen LogP contribution is 2.27. The van der Waals surface area contributed by atoms with E-state index in [9.17, 15) is 18.0 Å². The van der Waals surface area contributed by atoms with Crippen LogP contribution in [0.5, 0.6) is 0 Å². The Balaban J connectivity index is 0.00000289. The molecule has 0 aromatic rings. The van der Waals surface area contributed by atoms with Crippen molar-refractivity contribution in [3.63, 3.8) is 0 Å². The first-order valence-electron chi connectivity index (χ1n) is 5.51. The van der Waals surface area contributed by atoms with Gasteiger partial charge in [-0.25, -0.2) is 0 Å². The Morgan fingerprint density at radius 1 is 1.50 bits per heavy atom. The van der Waals surface area contributed by atoms with Crippen LogP contribution in [0.1, 0.15) is 26.7 Å². The first kappa shape index (κ1) is 17.5. The van der Waals surface area contributed by atoms with Crippen LogP contribution in [0, 0.1) is 0 Å². The van der Waals surface area contributed by atoms with Gasteiger partial charge in [0.1, 0.15) is 0 Å². The summed E-state index contributed by atoms with van der Waals surface area (Å²) in [7, 11) is 0. The van der Waals surface area contributed by atoms with Crippen molar-refractivity contribution in [3.8, 4) is 0 Å². The number of hydrogen-bond donors (Lipinski definition) is 1. The zero-order chi connectivity index (χ0) is 13.2. The zero-order valence-electron chi connectivity index (χ0n) is 10.2. The van der Waals surface area contributed by atoms with E-state index in [0.29, 0.717) is 0 Å². The summed E-state index contributed by atoms with van der Waals surface area (Å²) in [6.07, 6.45) is -5.13. The highest BCUT2D eigenvalue weighted by atomic mass is 35.5. The predicted octanol–water partition coefficient (Wildman–Crippen LogP) is 1.67. The number of amides is 1. The van der Waals surface area contributed by atoms with Crippen molar-refractivity contribution in [3.05, 3.63) is 0 Å². The molecule has 1 amide bonds. The summed E-state index contributed by atoms with van der Waals surface area (Å²) in [5.41, 5.74) is 5.46. The van der Waals surface area contributed by atoms with E-state index in [0.717, 1.165) is 0 Å². The standard InChI is InChI=1S/C10H17F3N2O2.ClH/c1-6-5-8(17-10(11,12)13)3-4-15(6)9(16)7(2)14;/h6-8H,3-5,14H2,1-2H3;1H/t6-,7+,8+;/m0./s1. The van der Waals surface area contributed by atoms with Gasteiger partial charge in [-0.15, -0.1) is 25.6 Å². The molecule has 1 saturated heterocycles. The molecule has 8 heteroatoms. The second kappa shape index (κ2) is 6.58. The van der Waals surface area contributed by atoms with Gasteiger partial charge in [0.2, 0.25) is 5.91 Å². The van der Waals surface area contributed by atoms with Gasteiger partial charge in [0.25, 0.3) is 0 Å². The molecular formula is C10H18ClF3N2O2. The number of hydrogen-bond acceptors (Lipinski definition) is 3. The number of rotatable bonds is 2. The van der Waals surface area contributed by atoms with Crippen LogP contribution in [0.2, 0.25) is 0 Å². The summed E-state index contributed by atoms with van der Waals surface area (Å²) in [4.78, 5) is 13.2. The van der Waals surface area contributed by atoms with Gasteiger partial charge in [0.05, 0.1) is 12.1 Å². The average Bonchev–Trinajstić information content (AvgIpc) is 2.14. The molecule has 1 aliphatic rings. The maximum absolute atomic E-state index is 12.0. The molecular weight excluding hydrogens is 273 g/mol. The van der Waals surface area contributed by atoms with E-state index in [1.54, 1.807) is 13.8 Å². The Hall–Kier alpha value is -0.530. The van der Waals surface area contributed by atoms with Gasteiger partial charge in [0.15, 0.2) is 0 Å². The summed E-state index contributed by atoms with van der Waals surface area (Å²) >= 11 is 0. The van der Waals surface area contributed by atoms with Crippen LogP contribution in [-0.4, -0.2) is 41.9 Å². The fourth-order valence-corrected chi connectivity index (χ4v) is 2.01. The van der Waals surface area contributed by atoms with Crippen molar-refractivity contribution >= 4 is 18.3 Å². The lowest BCUT2D eigenvalue weighted by Gasteiger charge is -2.38. The third-order valence-corrected chi connectivity index (χ3v) is 2.80.